The molecule has 22 heavy (non-hydrogen) atoms. The molecule has 1 aromatic heterocycles. The van der Waals surface area contributed by atoms with Crippen LogP contribution in [0.2, 0.25) is 0 Å². The van der Waals surface area contributed by atoms with Crippen molar-refractivity contribution in [1.29, 1.82) is 0 Å². The fraction of sp³-hybridized carbons (Fsp3) is 0.750. The summed E-state index contributed by atoms with van der Waals surface area (Å²) >= 11 is 0. The van der Waals surface area contributed by atoms with Gasteiger partial charge in [-0.3, -0.25) is 9.48 Å². The van der Waals surface area contributed by atoms with Gasteiger partial charge in [-0.05, 0) is 12.8 Å². The smallest absolute Gasteiger partial charge is 0.227 e. The van der Waals surface area contributed by atoms with E-state index in [0.29, 0.717) is 18.9 Å². The number of morpholine rings is 1. The van der Waals surface area contributed by atoms with Crippen molar-refractivity contribution in [3.63, 3.8) is 0 Å². The minimum atomic E-state index is 0.0150. The number of hydrogen-bond donors (Lipinski definition) is 2. The molecule has 0 bridgehead atoms. The summed E-state index contributed by atoms with van der Waals surface area (Å²) in [5.41, 5.74) is 1.12. The summed E-state index contributed by atoms with van der Waals surface area (Å²) in [7, 11) is 1.89. The first-order valence-electron chi connectivity index (χ1n) is 8.37. The summed E-state index contributed by atoms with van der Waals surface area (Å²) in [4.78, 5) is 12.2. The van der Waals surface area contributed by atoms with E-state index >= 15 is 0 Å². The predicted molar refractivity (Wildman–Crippen MR) is 84.9 cm³/mol. The number of carbonyl (C=O) groups excluding carboxylic acids is 1. The molecule has 1 saturated carbocycles. The lowest BCUT2D eigenvalue weighted by atomic mass is 9.87. The van der Waals surface area contributed by atoms with Crippen LogP contribution in [0.1, 0.15) is 50.1 Å². The van der Waals surface area contributed by atoms with Crippen molar-refractivity contribution in [1.82, 2.24) is 15.1 Å². The third-order valence-electron chi connectivity index (χ3n) is 4.62. The number of aromatic nitrogens is 2. The maximum atomic E-state index is 12.2. The molecule has 1 amide bonds. The van der Waals surface area contributed by atoms with Gasteiger partial charge in [0.1, 0.15) is 5.82 Å². The van der Waals surface area contributed by atoms with Crippen LogP contribution >= 0.6 is 0 Å². The van der Waals surface area contributed by atoms with Gasteiger partial charge in [-0.1, -0.05) is 19.3 Å². The van der Waals surface area contributed by atoms with Crippen LogP contribution in [0.4, 0.5) is 5.82 Å². The largest absolute Gasteiger partial charge is 0.378 e. The monoisotopic (exact) mass is 306 g/mol. The molecule has 0 radical (unpaired) electrons. The lowest BCUT2D eigenvalue weighted by molar-refractivity contribution is -0.117. The molecule has 2 aliphatic rings. The minimum absolute atomic E-state index is 0.0150. The Kier molecular flexibility index (Phi) is 5.10. The number of rotatable bonds is 4. The zero-order valence-electron chi connectivity index (χ0n) is 13.3. The second-order valence-corrected chi connectivity index (χ2v) is 6.39. The summed E-state index contributed by atoms with van der Waals surface area (Å²) < 4.78 is 7.16. The highest BCUT2D eigenvalue weighted by molar-refractivity contribution is 5.90. The van der Waals surface area contributed by atoms with E-state index in [1.54, 1.807) is 4.68 Å². The van der Waals surface area contributed by atoms with E-state index in [4.69, 9.17) is 4.74 Å². The van der Waals surface area contributed by atoms with Gasteiger partial charge in [-0.15, -0.1) is 0 Å². The van der Waals surface area contributed by atoms with Gasteiger partial charge in [0.25, 0.3) is 0 Å². The zero-order chi connectivity index (χ0) is 15.4. The van der Waals surface area contributed by atoms with Crippen molar-refractivity contribution in [3.8, 4) is 0 Å². The fourth-order valence-electron chi connectivity index (χ4n) is 3.37. The van der Waals surface area contributed by atoms with Crippen molar-refractivity contribution in [3.05, 3.63) is 11.8 Å². The first kappa shape index (κ1) is 15.5. The first-order chi connectivity index (χ1) is 10.7. The molecular weight excluding hydrogens is 280 g/mol. The molecule has 1 atom stereocenters. The lowest BCUT2D eigenvalue weighted by Gasteiger charge is -2.23. The molecule has 1 unspecified atom stereocenters. The van der Waals surface area contributed by atoms with Crippen LogP contribution in [0.15, 0.2) is 6.07 Å². The molecule has 1 aliphatic heterocycles. The highest BCUT2D eigenvalue weighted by Gasteiger charge is 2.21. The summed E-state index contributed by atoms with van der Waals surface area (Å²) in [6.45, 7) is 2.15. The normalized spacial score (nSPS) is 23.4. The number of carbonyl (C=O) groups is 1. The van der Waals surface area contributed by atoms with Crippen molar-refractivity contribution in [2.45, 2.75) is 50.5 Å². The summed E-state index contributed by atoms with van der Waals surface area (Å²) in [6, 6.07) is 2.15. The highest BCUT2D eigenvalue weighted by atomic mass is 16.5. The number of nitrogens with zero attached hydrogens (tertiary/aromatic N) is 2. The van der Waals surface area contributed by atoms with Crippen molar-refractivity contribution >= 4 is 11.7 Å². The molecule has 1 saturated heterocycles. The second kappa shape index (κ2) is 7.24. The number of anilines is 1. The van der Waals surface area contributed by atoms with Crippen LogP contribution in [-0.2, 0) is 16.6 Å². The molecule has 1 aliphatic carbocycles. The maximum absolute atomic E-state index is 12.2. The van der Waals surface area contributed by atoms with Gasteiger partial charge in [0.05, 0.1) is 18.9 Å². The topological polar surface area (TPSA) is 68.2 Å². The molecule has 0 spiro atoms. The van der Waals surface area contributed by atoms with Crippen LogP contribution in [-0.4, -0.2) is 41.5 Å². The van der Waals surface area contributed by atoms with Crippen molar-refractivity contribution in [2.24, 2.45) is 7.05 Å². The van der Waals surface area contributed by atoms with E-state index in [1.165, 1.54) is 32.1 Å². The Morgan fingerprint density at radius 1 is 1.45 bits per heavy atom. The Morgan fingerprint density at radius 3 is 3.00 bits per heavy atom. The molecule has 0 aromatic carbocycles. The van der Waals surface area contributed by atoms with E-state index in [1.807, 2.05) is 13.1 Å². The molecule has 6 heteroatoms. The quantitative estimate of drug-likeness (QED) is 0.890. The van der Waals surface area contributed by atoms with Crippen LogP contribution in [0.5, 0.6) is 0 Å². The highest BCUT2D eigenvalue weighted by Crippen LogP contribution is 2.32. The molecular formula is C16H26N4O2. The Balaban J connectivity index is 1.57. The van der Waals surface area contributed by atoms with Crippen LogP contribution in [0.3, 0.4) is 0 Å². The number of hydrogen-bond acceptors (Lipinski definition) is 4. The SMILES string of the molecule is Cn1nc(C2CCCCC2)cc1NC(=O)CC1COCCN1. The average molecular weight is 306 g/mol. The third kappa shape index (κ3) is 3.87. The van der Waals surface area contributed by atoms with E-state index in [2.05, 4.69) is 15.7 Å². The molecule has 3 rings (SSSR count). The predicted octanol–water partition coefficient (Wildman–Crippen LogP) is 1.78. The summed E-state index contributed by atoms with van der Waals surface area (Å²) in [5.74, 6) is 1.36. The second-order valence-electron chi connectivity index (χ2n) is 6.39. The fourth-order valence-corrected chi connectivity index (χ4v) is 3.37. The van der Waals surface area contributed by atoms with Gasteiger partial charge in [-0.25, -0.2) is 0 Å². The van der Waals surface area contributed by atoms with E-state index < -0.39 is 0 Å². The third-order valence-corrected chi connectivity index (χ3v) is 4.62. The zero-order valence-corrected chi connectivity index (χ0v) is 13.3. The average Bonchev–Trinajstić information content (AvgIpc) is 2.90. The number of aryl methyl sites for hydroxylation is 1. The molecule has 2 fully saturated rings. The van der Waals surface area contributed by atoms with E-state index in [9.17, 15) is 4.79 Å². The first-order valence-corrected chi connectivity index (χ1v) is 8.37. The number of amides is 1. The minimum Gasteiger partial charge on any atom is -0.378 e. The van der Waals surface area contributed by atoms with Crippen LogP contribution in [0.25, 0.3) is 0 Å². The van der Waals surface area contributed by atoms with Crippen LogP contribution in [0, 0.1) is 0 Å². The van der Waals surface area contributed by atoms with Crippen LogP contribution < -0.4 is 10.6 Å². The van der Waals surface area contributed by atoms with Crippen molar-refractivity contribution < 1.29 is 9.53 Å². The summed E-state index contributed by atoms with van der Waals surface area (Å²) in [5, 5.41) is 10.9. The molecule has 6 nitrogen and oxygen atoms in total. The lowest BCUT2D eigenvalue weighted by Crippen LogP contribution is -2.43. The van der Waals surface area contributed by atoms with Gasteiger partial charge >= 0.3 is 0 Å². The van der Waals surface area contributed by atoms with Gasteiger partial charge in [0.2, 0.25) is 5.91 Å². The molecule has 2 N–H and O–H groups in total. The maximum Gasteiger partial charge on any atom is 0.227 e. The van der Waals surface area contributed by atoms with Gasteiger partial charge in [0.15, 0.2) is 0 Å². The Morgan fingerprint density at radius 2 is 2.27 bits per heavy atom. The van der Waals surface area contributed by atoms with Crippen molar-refractivity contribution in [2.75, 3.05) is 25.1 Å². The molecule has 122 valence electrons. The standard InChI is InChI=1S/C16H26N4O2/c1-20-15(10-14(19-20)12-5-3-2-4-6-12)18-16(21)9-13-11-22-8-7-17-13/h10,12-13,17H,2-9,11H2,1H3,(H,18,21). The Bertz CT molecular complexity index is 502. The Hall–Kier alpha value is -1.40. The number of ether oxygens (including phenoxy) is 1. The van der Waals surface area contributed by atoms with E-state index in [0.717, 1.165) is 24.7 Å². The van der Waals surface area contributed by atoms with E-state index in [-0.39, 0.29) is 11.9 Å². The van der Waals surface area contributed by atoms with Gasteiger partial charge < -0.3 is 15.4 Å². The number of nitrogens with one attached hydrogen (secondary N) is 2. The summed E-state index contributed by atoms with van der Waals surface area (Å²) in [6.07, 6.45) is 6.78. The Labute approximate surface area is 131 Å². The van der Waals surface area contributed by atoms with Gasteiger partial charge in [-0.2, -0.15) is 5.10 Å². The molecule has 1 aromatic rings. The molecule has 2 heterocycles. The van der Waals surface area contributed by atoms with Gasteiger partial charge in [0, 0.05) is 38.0 Å².